The molecular formula is C10H15ClN2. The van der Waals surface area contributed by atoms with Crippen LogP contribution in [0.4, 0.5) is 0 Å². The molecule has 0 radical (unpaired) electrons. The molecule has 2 nitrogen and oxygen atoms in total. The Hall–Kier alpha value is -0.600. The molecule has 2 rings (SSSR count). The quantitative estimate of drug-likeness (QED) is 0.746. The van der Waals surface area contributed by atoms with E-state index in [2.05, 4.69) is 23.3 Å². The first-order valence-corrected chi connectivity index (χ1v) is 4.49. The van der Waals surface area contributed by atoms with Crippen LogP contribution in [0.25, 0.3) is 0 Å². The maximum absolute atomic E-state index is 4.38. The van der Waals surface area contributed by atoms with Crippen LogP contribution in [0.1, 0.15) is 23.6 Å². The van der Waals surface area contributed by atoms with Crippen molar-refractivity contribution in [1.29, 1.82) is 0 Å². The average Bonchev–Trinajstić information content (AvgIpc) is 2.56. The van der Waals surface area contributed by atoms with Gasteiger partial charge in [-0.2, -0.15) is 0 Å². The van der Waals surface area contributed by atoms with Crippen molar-refractivity contribution in [3.63, 3.8) is 0 Å². The lowest BCUT2D eigenvalue weighted by molar-refractivity contribution is 0.734. The third-order valence-electron chi connectivity index (χ3n) is 2.42. The highest BCUT2D eigenvalue weighted by molar-refractivity contribution is 5.85. The maximum atomic E-state index is 4.38. The monoisotopic (exact) mass is 198 g/mol. The van der Waals surface area contributed by atoms with Gasteiger partial charge < -0.3 is 5.32 Å². The van der Waals surface area contributed by atoms with E-state index in [4.69, 9.17) is 0 Å². The van der Waals surface area contributed by atoms with Crippen molar-refractivity contribution < 1.29 is 0 Å². The Morgan fingerprint density at radius 2 is 2.38 bits per heavy atom. The van der Waals surface area contributed by atoms with E-state index in [-0.39, 0.29) is 12.4 Å². The summed E-state index contributed by atoms with van der Waals surface area (Å²) in [5.74, 6) is 0.643. The van der Waals surface area contributed by atoms with Crippen molar-refractivity contribution in [3.05, 3.63) is 29.6 Å². The fraction of sp³-hybridized carbons (Fsp3) is 0.500. The van der Waals surface area contributed by atoms with Crippen molar-refractivity contribution in [2.45, 2.75) is 19.3 Å². The molecule has 3 heteroatoms. The number of aromatic nitrogens is 1. The van der Waals surface area contributed by atoms with E-state index in [9.17, 15) is 0 Å². The fourth-order valence-electron chi connectivity index (χ4n) is 1.69. The summed E-state index contributed by atoms with van der Waals surface area (Å²) in [6.07, 6.45) is 3.14. The smallest absolute Gasteiger partial charge is 0.0450 e. The number of hydrogen-bond donors (Lipinski definition) is 1. The molecule has 72 valence electrons. The molecule has 1 unspecified atom stereocenters. The first-order chi connectivity index (χ1) is 5.86. The van der Waals surface area contributed by atoms with Crippen LogP contribution in [-0.2, 0) is 0 Å². The lowest BCUT2D eigenvalue weighted by atomic mass is 10.0. The normalized spacial score (nSPS) is 21.2. The van der Waals surface area contributed by atoms with Gasteiger partial charge in [-0.05, 0) is 37.6 Å². The summed E-state index contributed by atoms with van der Waals surface area (Å²) < 4.78 is 0. The highest BCUT2D eigenvalue weighted by Gasteiger charge is 2.17. The Labute approximate surface area is 85.2 Å². The van der Waals surface area contributed by atoms with Crippen LogP contribution in [-0.4, -0.2) is 18.1 Å². The zero-order valence-corrected chi connectivity index (χ0v) is 8.60. The van der Waals surface area contributed by atoms with E-state index in [0.29, 0.717) is 5.92 Å². The van der Waals surface area contributed by atoms with Crippen molar-refractivity contribution in [2.75, 3.05) is 13.1 Å². The molecule has 1 N–H and O–H groups in total. The molecule has 1 aromatic rings. The maximum Gasteiger partial charge on any atom is 0.0450 e. The number of aryl methyl sites for hydroxylation is 1. The van der Waals surface area contributed by atoms with Gasteiger partial charge in [0, 0.05) is 24.4 Å². The van der Waals surface area contributed by atoms with E-state index in [1.54, 1.807) is 0 Å². The lowest BCUT2D eigenvalue weighted by Crippen LogP contribution is -2.08. The first-order valence-electron chi connectivity index (χ1n) is 4.49. The Balaban J connectivity index is 0.000000845. The summed E-state index contributed by atoms with van der Waals surface area (Å²) in [7, 11) is 0. The Morgan fingerprint density at radius 3 is 3.00 bits per heavy atom. The second-order valence-corrected chi connectivity index (χ2v) is 3.45. The number of nitrogens with zero attached hydrogens (tertiary/aromatic N) is 1. The largest absolute Gasteiger partial charge is 0.316 e. The average molecular weight is 199 g/mol. The molecule has 0 spiro atoms. The highest BCUT2D eigenvalue weighted by atomic mass is 35.5. The van der Waals surface area contributed by atoms with E-state index >= 15 is 0 Å². The summed E-state index contributed by atoms with van der Waals surface area (Å²) in [5.41, 5.74) is 2.56. The third kappa shape index (κ3) is 2.42. The molecule has 0 aromatic carbocycles. The molecule has 1 saturated heterocycles. The van der Waals surface area contributed by atoms with E-state index in [1.165, 1.54) is 17.7 Å². The minimum atomic E-state index is 0. The summed E-state index contributed by atoms with van der Waals surface area (Å²) in [4.78, 5) is 4.38. The zero-order valence-electron chi connectivity index (χ0n) is 7.79. The molecule has 0 amide bonds. The number of nitrogens with one attached hydrogen (secondary N) is 1. The van der Waals surface area contributed by atoms with Crippen LogP contribution < -0.4 is 5.32 Å². The highest BCUT2D eigenvalue weighted by Crippen LogP contribution is 2.20. The van der Waals surface area contributed by atoms with Gasteiger partial charge in [-0.15, -0.1) is 12.4 Å². The Kier molecular flexibility index (Phi) is 3.70. The van der Waals surface area contributed by atoms with Crippen molar-refractivity contribution >= 4 is 12.4 Å². The van der Waals surface area contributed by atoms with E-state index in [1.807, 2.05) is 12.3 Å². The molecule has 1 aliphatic heterocycles. The van der Waals surface area contributed by atoms with Crippen LogP contribution in [0.2, 0.25) is 0 Å². The van der Waals surface area contributed by atoms with Gasteiger partial charge in [-0.1, -0.05) is 0 Å². The van der Waals surface area contributed by atoms with Crippen molar-refractivity contribution in [2.24, 2.45) is 0 Å². The van der Waals surface area contributed by atoms with E-state index in [0.717, 1.165) is 13.1 Å². The lowest BCUT2D eigenvalue weighted by Gasteiger charge is -2.07. The van der Waals surface area contributed by atoms with Gasteiger partial charge in [0.25, 0.3) is 0 Å². The first kappa shape index (κ1) is 10.5. The second kappa shape index (κ2) is 4.58. The fourth-order valence-corrected chi connectivity index (χ4v) is 1.69. The number of halogens is 1. The topological polar surface area (TPSA) is 24.9 Å². The molecule has 1 atom stereocenters. The molecule has 1 aromatic heterocycles. The number of hydrogen-bond acceptors (Lipinski definition) is 2. The molecular weight excluding hydrogens is 184 g/mol. The van der Waals surface area contributed by atoms with Crippen LogP contribution in [0, 0.1) is 6.92 Å². The second-order valence-electron chi connectivity index (χ2n) is 3.45. The molecule has 0 saturated carbocycles. The summed E-state index contributed by atoms with van der Waals surface area (Å²) in [5, 5.41) is 3.35. The summed E-state index contributed by atoms with van der Waals surface area (Å²) in [6, 6.07) is 4.24. The van der Waals surface area contributed by atoms with Gasteiger partial charge in [0.1, 0.15) is 0 Å². The number of pyridine rings is 1. The van der Waals surface area contributed by atoms with Gasteiger partial charge in [-0.25, -0.2) is 0 Å². The van der Waals surface area contributed by atoms with Crippen LogP contribution in [0.3, 0.4) is 0 Å². The third-order valence-corrected chi connectivity index (χ3v) is 2.42. The Morgan fingerprint density at radius 1 is 1.54 bits per heavy atom. The summed E-state index contributed by atoms with van der Waals surface area (Å²) >= 11 is 0. The standard InChI is InChI=1S/C10H14N2.ClH/c1-8-2-5-12-10(6-8)9-3-4-11-7-9;/h2,5-6,9,11H,3-4,7H2,1H3;1H. The molecule has 1 aliphatic rings. The minimum Gasteiger partial charge on any atom is -0.316 e. The SMILES string of the molecule is Cc1ccnc(C2CCNC2)c1.Cl. The van der Waals surface area contributed by atoms with Gasteiger partial charge in [0.15, 0.2) is 0 Å². The molecule has 13 heavy (non-hydrogen) atoms. The molecule has 2 heterocycles. The van der Waals surface area contributed by atoms with Gasteiger partial charge in [-0.3, -0.25) is 4.98 Å². The predicted molar refractivity (Wildman–Crippen MR) is 56.4 cm³/mol. The number of rotatable bonds is 1. The van der Waals surface area contributed by atoms with E-state index < -0.39 is 0 Å². The van der Waals surface area contributed by atoms with Gasteiger partial charge >= 0.3 is 0 Å². The molecule has 0 aliphatic carbocycles. The van der Waals surface area contributed by atoms with Crippen molar-refractivity contribution in [3.8, 4) is 0 Å². The van der Waals surface area contributed by atoms with Crippen LogP contribution >= 0.6 is 12.4 Å². The van der Waals surface area contributed by atoms with Crippen LogP contribution in [0.5, 0.6) is 0 Å². The Bertz CT molecular complexity index is 269. The predicted octanol–water partition coefficient (Wildman–Crippen LogP) is 1.89. The van der Waals surface area contributed by atoms with Crippen molar-refractivity contribution in [1.82, 2.24) is 10.3 Å². The molecule has 0 bridgehead atoms. The van der Waals surface area contributed by atoms with Gasteiger partial charge in [0.05, 0.1) is 0 Å². The molecule has 1 fully saturated rings. The minimum absolute atomic E-state index is 0. The zero-order chi connectivity index (χ0) is 8.39. The van der Waals surface area contributed by atoms with Crippen LogP contribution in [0.15, 0.2) is 18.3 Å². The summed E-state index contributed by atoms with van der Waals surface area (Å²) in [6.45, 7) is 4.35. The van der Waals surface area contributed by atoms with Gasteiger partial charge in [0.2, 0.25) is 0 Å².